The molecule has 0 radical (unpaired) electrons. The Morgan fingerprint density at radius 2 is 1.92 bits per heavy atom. The number of benzene rings is 1. The first-order valence-electron chi connectivity index (χ1n) is 9.33. The van der Waals surface area contributed by atoms with Crippen molar-refractivity contribution >= 4 is 0 Å². The highest BCUT2D eigenvalue weighted by Gasteiger charge is 2.19. The monoisotopic (exact) mass is 352 g/mol. The molecule has 0 spiro atoms. The summed E-state index contributed by atoms with van der Waals surface area (Å²) in [6.07, 6.45) is 8.09. The van der Waals surface area contributed by atoms with E-state index in [0.29, 0.717) is 12.5 Å². The summed E-state index contributed by atoms with van der Waals surface area (Å²) in [5, 5.41) is 0. The van der Waals surface area contributed by atoms with Gasteiger partial charge < -0.3 is 13.9 Å². The maximum absolute atomic E-state index is 5.21. The van der Waals surface area contributed by atoms with Gasteiger partial charge in [0, 0.05) is 31.1 Å². The zero-order chi connectivity index (χ0) is 18.4. The molecular weight excluding hydrogens is 324 g/mol. The van der Waals surface area contributed by atoms with Crippen molar-refractivity contribution in [2.45, 2.75) is 45.7 Å². The lowest BCUT2D eigenvalue weighted by Crippen LogP contribution is -2.12. The van der Waals surface area contributed by atoms with Crippen molar-refractivity contribution in [3.05, 3.63) is 60.6 Å². The fourth-order valence-corrected chi connectivity index (χ4v) is 3.47. The van der Waals surface area contributed by atoms with Crippen molar-refractivity contribution < 1.29 is 4.74 Å². The lowest BCUT2D eigenvalue weighted by atomic mass is 9.97. The van der Waals surface area contributed by atoms with E-state index < -0.39 is 0 Å². The van der Waals surface area contributed by atoms with Gasteiger partial charge in [0.25, 0.3) is 0 Å². The first kappa shape index (κ1) is 18.4. The van der Waals surface area contributed by atoms with Gasteiger partial charge in [-0.25, -0.2) is 9.97 Å². The average Bonchev–Trinajstić information content (AvgIpc) is 3.28. The van der Waals surface area contributed by atoms with Crippen LogP contribution in [0.25, 0.3) is 11.3 Å². The number of hydrogen-bond acceptors (Lipinski definition) is 3. The van der Waals surface area contributed by atoms with Crippen molar-refractivity contribution in [1.82, 2.24) is 19.1 Å². The Bertz CT molecular complexity index is 807. The van der Waals surface area contributed by atoms with Gasteiger partial charge in [0.1, 0.15) is 0 Å². The van der Waals surface area contributed by atoms with E-state index in [1.54, 1.807) is 7.11 Å². The highest BCUT2D eigenvalue weighted by atomic mass is 16.5. The molecule has 138 valence electrons. The fraction of sp³-hybridized carbons (Fsp3) is 0.429. The standard InChI is InChI=1S/C21H28N4O/c1-4-8-17(2)21-20(18-9-6-5-7-10-18)23-16-25(21)14-19-13-22-15-24(19)11-12-26-3/h5-7,9-10,13,15-17H,4,8,11-12,14H2,1-3H3/t17-/m1/s1. The quantitative estimate of drug-likeness (QED) is 0.575. The molecule has 5 heteroatoms. The summed E-state index contributed by atoms with van der Waals surface area (Å²) in [5.41, 5.74) is 4.74. The molecule has 0 aliphatic carbocycles. The van der Waals surface area contributed by atoms with Gasteiger partial charge in [0.2, 0.25) is 0 Å². The molecule has 0 saturated carbocycles. The van der Waals surface area contributed by atoms with Crippen LogP contribution >= 0.6 is 0 Å². The van der Waals surface area contributed by atoms with Crippen LogP contribution in [0.1, 0.15) is 44.0 Å². The Balaban J connectivity index is 1.94. The summed E-state index contributed by atoms with van der Waals surface area (Å²) in [6.45, 7) is 6.80. The molecule has 2 aromatic heterocycles. The summed E-state index contributed by atoms with van der Waals surface area (Å²) >= 11 is 0. The first-order chi connectivity index (χ1) is 12.7. The van der Waals surface area contributed by atoms with Crippen molar-refractivity contribution in [3.8, 4) is 11.3 Å². The molecule has 2 heterocycles. The number of aromatic nitrogens is 4. The average molecular weight is 352 g/mol. The summed E-state index contributed by atoms with van der Waals surface area (Å²) in [5.74, 6) is 0.452. The number of rotatable bonds is 9. The van der Waals surface area contributed by atoms with Crippen LogP contribution in [0.4, 0.5) is 0 Å². The van der Waals surface area contributed by atoms with Crippen molar-refractivity contribution in [2.24, 2.45) is 0 Å². The van der Waals surface area contributed by atoms with Crippen LogP contribution in [-0.2, 0) is 17.8 Å². The van der Waals surface area contributed by atoms with Crippen LogP contribution in [0.2, 0.25) is 0 Å². The van der Waals surface area contributed by atoms with E-state index >= 15 is 0 Å². The van der Waals surface area contributed by atoms with Crippen molar-refractivity contribution in [3.63, 3.8) is 0 Å². The third-order valence-corrected chi connectivity index (χ3v) is 4.78. The Hall–Kier alpha value is -2.40. The SMILES string of the molecule is CCC[C@@H](C)c1c(-c2ccccc2)ncn1Cc1cncn1CCOC. The van der Waals surface area contributed by atoms with Crippen LogP contribution in [-0.4, -0.2) is 32.8 Å². The highest BCUT2D eigenvalue weighted by Crippen LogP contribution is 2.31. The van der Waals surface area contributed by atoms with E-state index in [0.717, 1.165) is 31.6 Å². The summed E-state index contributed by atoms with van der Waals surface area (Å²) < 4.78 is 9.64. The lowest BCUT2D eigenvalue weighted by molar-refractivity contribution is 0.186. The Morgan fingerprint density at radius 1 is 1.12 bits per heavy atom. The van der Waals surface area contributed by atoms with Crippen molar-refractivity contribution in [1.29, 1.82) is 0 Å². The molecule has 0 bridgehead atoms. The molecule has 1 atom stereocenters. The predicted molar refractivity (Wildman–Crippen MR) is 104 cm³/mol. The summed E-state index contributed by atoms with van der Waals surface area (Å²) in [4.78, 5) is 9.09. The molecule has 0 aliphatic rings. The number of nitrogens with zero attached hydrogens (tertiary/aromatic N) is 4. The number of ether oxygens (including phenoxy) is 1. The Labute approximate surface area is 155 Å². The van der Waals surface area contributed by atoms with Crippen molar-refractivity contribution in [2.75, 3.05) is 13.7 Å². The van der Waals surface area contributed by atoms with E-state index in [2.05, 4.69) is 52.2 Å². The smallest absolute Gasteiger partial charge is 0.0959 e. The molecule has 0 amide bonds. The molecule has 0 fully saturated rings. The predicted octanol–water partition coefficient (Wildman–Crippen LogP) is 4.34. The minimum Gasteiger partial charge on any atom is -0.383 e. The van der Waals surface area contributed by atoms with Crippen LogP contribution in [0, 0.1) is 0 Å². The molecule has 26 heavy (non-hydrogen) atoms. The normalized spacial score (nSPS) is 12.4. The van der Waals surface area contributed by atoms with Crippen LogP contribution in [0.5, 0.6) is 0 Å². The third-order valence-electron chi connectivity index (χ3n) is 4.78. The molecule has 0 unspecified atom stereocenters. The Morgan fingerprint density at radius 3 is 2.65 bits per heavy atom. The molecular formula is C21H28N4O. The van der Waals surface area contributed by atoms with E-state index in [4.69, 9.17) is 9.72 Å². The minimum absolute atomic E-state index is 0.452. The van der Waals surface area contributed by atoms with E-state index in [1.807, 2.05) is 24.9 Å². The van der Waals surface area contributed by atoms with Gasteiger partial charge in [-0.2, -0.15) is 0 Å². The summed E-state index contributed by atoms with van der Waals surface area (Å²) in [7, 11) is 1.73. The molecule has 0 N–H and O–H groups in total. The second-order valence-electron chi connectivity index (χ2n) is 6.73. The van der Waals surface area contributed by atoms with Gasteiger partial charge in [0.05, 0.1) is 37.2 Å². The first-order valence-corrected chi connectivity index (χ1v) is 9.33. The van der Waals surface area contributed by atoms with Gasteiger partial charge in [-0.05, 0) is 12.3 Å². The second-order valence-corrected chi connectivity index (χ2v) is 6.73. The van der Waals surface area contributed by atoms with Gasteiger partial charge >= 0.3 is 0 Å². The minimum atomic E-state index is 0.452. The maximum Gasteiger partial charge on any atom is 0.0959 e. The second kappa shape index (κ2) is 8.81. The largest absolute Gasteiger partial charge is 0.383 e. The molecule has 1 aromatic carbocycles. The molecule has 3 aromatic rings. The Kier molecular flexibility index (Phi) is 6.23. The fourth-order valence-electron chi connectivity index (χ4n) is 3.47. The van der Waals surface area contributed by atoms with Gasteiger partial charge in [-0.3, -0.25) is 0 Å². The van der Waals surface area contributed by atoms with Gasteiger partial charge in [-0.1, -0.05) is 50.6 Å². The van der Waals surface area contributed by atoms with E-state index in [1.165, 1.54) is 17.0 Å². The molecule has 0 saturated heterocycles. The van der Waals surface area contributed by atoms with E-state index in [9.17, 15) is 0 Å². The summed E-state index contributed by atoms with van der Waals surface area (Å²) in [6, 6.07) is 10.5. The molecule has 0 aliphatic heterocycles. The van der Waals surface area contributed by atoms with Crippen LogP contribution < -0.4 is 0 Å². The topological polar surface area (TPSA) is 44.9 Å². The zero-order valence-corrected chi connectivity index (χ0v) is 15.9. The van der Waals surface area contributed by atoms with Crippen LogP contribution in [0.15, 0.2) is 49.2 Å². The number of methoxy groups -OCH3 is 1. The lowest BCUT2D eigenvalue weighted by Gasteiger charge is -2.17. The molecule has 5 nitrogen and oxygen atoms in total. The molecule has 3 rings (SSSR count). The van der Waals surface area contributed by atoms with Gasteiger partial charge in [0.15, 0.2) is 0 Å². The third kappa shape index (κ3) is 4.05. The number of imidazole rings is 2. The van der Waals surface area contributed by atoms with Gasteiger partial charge in [-0.15, -0.1) is 0 Å². The number of hydrogen-bond donors (Lipinski definition) is 0. The highest BCUT2D eigenvalue weighted by molar-refractivity contribution is 5.62. The van der Waals surface area contributed by atoms with E-state index in [-0.39, 0.29) is 0 Å². The zero-order valence-electron chi connectivity index (χ0n) is 15.9. The van der Waals surface area contributed by atoms with Crippen LogP contribution in [0.3, 0.4) is 0 Å². The maximum atomic E-state index is 5.21.